The minimum Gasteiger partial charge on any atom is -0.353 e. The Bertz CT molecular complexity index is 719. The summed E-state index contributed by atoms with van der Waals surface area (Å²) in [5.41, 5.74) is 2.60. The van der Waals surface area contributed by atoms with E-state index in [0.29, 0.717) is 11.7 Å². The topological polar surface area (TPSA) is 58.1 Å². The number of halogens is 1. The van der Waals surface area contributed by atoms with Crippen molar-refractivity contribution in [1.29, 1.82) is 0 Å². The fourth-order valence-electron chi connectivity index (χ4n) is 2.46. The van der Waals surface area contributed by atoms with Gasteiger partial charge in [-0.1, -0.05) is 23.9 Å². The summed E-state index contributed by atoms with van der Waals surface area (Å²) < 4.78 is 13.4. The number of rotatable bonds is 7. The van der Waals surface area contributed by atoms with Gasteiger partial charge in [-0.25, -0.2) is 14.4 Å². The van der Waals surface area contributed by atoms with Gasteiger partial charge in [-0.2, -0.15) is 0 Å². The molecule has 0 aliphatic rings. The van der Waals surface area contributed by atoms with Crippen molar-refractivity contribution in [2.45, 2.75) is 25.0 Å². The maximum absolute atomic E-state index is 13.4. The maximum atomic E-state index is 13.4. The fourth-order valence-corrected chi connectivity index (χ4v) is 3.24. The molecule has 1 atom stereocenters. The van der Waals surface area contributed by atoms with Crippen LogP contribution in [-0.4, -0.2) is 47.2 Å². The van der Waals surface area contributed by atoms with Gasteiger partial charge in [-0.05, 0) is 51.7 Å². The van der Waals surface area contributed by atoms with E-state index in [1.165, 1.54) is 23.9 Å². The zero-order chi connectivity index (χ0) is 18.4. The first-order valence-electron chi connectivity index (χ1n) is 7.99. The summed E-state index contributed by atoms with van der Waals surface area (Å²) >= 11 is 1.31. The van der Waals surface area contributed by atoms with Crippen LogP contribution in [0, 0.1) is 19.7 Å². The van der Waals surface area contributed by atoms with Crippen molar-refractivity contribution in [1.82, 2.24) is 20.2 Å². The van der Waals surface area contributed by atoms with Crippen molar-refractivity contribution in [3.05, 3.63) is 53.1 Å². The Morgan fingerprint density at radius 2 is 1.92 bits per heavy atom. The number of nitrogens with one attached hydrogen (secondary N) is 1. The molecule has 0 spiro atoms. The van der Waals surface area contributed by atoms with Crippen LogP contribution in [0.2, 0.25) is 0 Å². The predicted octanol–water partition coefficient (Wildman–Crippen LogP) is 2.74. The van der Waals surface area contributed by atoms with Crippen LogP contribution in [0.3, 0.4) is 0 Å². The van der Waals surface area contributed by atoms with E-state index in [0.717, 1.165) is 17.0 Å². The average Bonchev–Trinajstić information content (AvgIpc) is 2.52. The number of thioether (sulfide) groups is 1. The SMILES string of the molecule is Cc1cc(C)nc(SCC(=O)NCC(c2cccc(F)c2)N(C)C)n1. The van der Waals surface area contributed by atoms with Gasteiger partial charge in [-0.3, -0.25) is 4.79 Å². The zero-order valence-corrected chi connectivity index (χ0v) is 15.7. The lowest BCUT2D eigenvalue weighted by Crippen LogP contribution is -2.35. The van der Waals surface area contributed by atoms with Gasteiger partial charge in [0, 0.05) is 17.9 Å². The number of nitrogens with zero attached hydrogens (tertiary/aromatic N) is 3. The summed E-state index contributed by atoms with van der Waals surface area (Å²) in [5.74, 6) is -0.138. The molecular formula is C18H23FN4OS. The molecule has 2 rings (SSSR count). The van der Waals surface area contributed by atoms with Crippen molar-refractivity contribution >= 4 is 17.7 Å². The highest BCUT2D eigenvalue weighted by Gasteiger charge is 2.16. The van der Waals surface area contributed by atoms with Gasteiger partial charge in [0.2, 0.25) is 5.91 Å². The standard InChI is InChI=1S/C18H23FN4OS/c1-12-8-13(2)22-18(21-12)25-11-17(24)20-10-16(23(3)4)14-6-5-7-15(19)9-14/h5-9,16H,10-11H2,1-4H3,(H,20,24). The quantitative estimate of drug-likeness (QED) is 0.606. The lowest BCUT2D eigenvalue weighted by atomic mass is 10.1. The lowest BCUT2D eigenvalue weighted by Gasteiger charge is -2.25. The average molecular weight is 362 g/mol. The van der Waals surface area contributed by atoms with Crippen molar-refractivity contribution in [3.8, 4) is 0 Å². The van der Waals surface area contributed by atoms with Gasteiger partial charge < -0.3 is 10.2 Å². The number of amides is 1. The first kappa shape index (κ1) is 19.3. The van der Waals surface area contributed by atoms with E-state index in [1.807, 2.05) is 45.0 Å². The zero-order valence-electron chi connectivity index (χ0n) is 14.9. The molecule has 0 aliphatic heterocycles. The van der Waals surface area contributed by atoms with E-state index < -0.39 is 0 Å². The molecule has 1 unspecified atom stereocenters. The molecule has 0 saturated heterocycles. The van der Waals surface area contributed by atoms with Crippen molar-refractivity contribution in [2.75, 3.05) is 26.4 Å². The monoisotopic (exact) mass is 362 g/mol. The Hall–Kier alpha value is -1.99. The Kier molecular flexibility index (Phi) is 6.90. The molecule has 0 saturated carbocycles. The van der Waals surface area contributed by atoms with Gasteiger partial charge in [-0.15, -0.1) is 0 Å². The molecule has 0 bridgehead atoms. The third-order valence-corrected chi connectivity index (χ3v) is 4.49. The van der Waals surface area contributed by atoms with Gasteiger partial charge >= 0.3 is 0 Å². The Morgan fingerprint density at radius 1 is 1.24 bits per heavy atom. The second-order valence-electron chi connectivity index (χ2n) is 6.06. The summed E-state index contributed by atoms with van der Waals surface area (Å²) in [5, 5.41) is 3.50. The van der Waals surface area contributed by atoms with E-state index in [4.69, 9.17) is 0 Å². The van der Waals surface area contributed by atoms with Crippen LogP contribution in [0.5, 0.6) is 0 Å². The van der Waals surface area contributed by atoms with Crippen LogP contribution in [0.1, 0.15) is 23.0 Å². The number of carbonyl (C=O) groups excluding carboxylic acids is 1. The van der Waals surface area contributed by atoms with E-state index in [-0.39, 0.29) is 23.5 Å². The Balaban J connectivity index is 1.90. The highest BCUT2D eigenvalue weighted by Crippen LogP contribution is 2.18. The fraction of sp³-hybridized carbons (Fsp3) is 0.389. The molecule has 0 radical (unpaired) electrons. The van der Waals surface area contributed by atoms with Crippen LogP contribution < -0.4 is 5.32 Å². The first-order valence-corrected chi connectivity index (χ1v) is 8.97. The molecule has 1 heterocycles. The molecule has 1 N–H and O–H groups in total. The number of likely N-dealkylation sites (N-methyl/N-ethyl adjacent to an activating group) is 1. The Morgan fingerprint density at radius 3 is 2.52 bits per heavy atom. The summed E-state index contributed by atoms with van der Waals surface area (Å²) in [7, 11) is 3.81. The van der Waals surface area contributed by atoms with Gasteiger partial charge in [0.1, 0.15) is 5.82 Å². The largest absolute Gasteiger partial charge is 0.353 e. The third-order valence-electron chi connectivity index (χ3n) is 3.64. The summed E-state index contributed by atoms with van der Waals surface area (Å²) in [6.45, 7) is 4.21. The van der Waals surface area contributed by atoms with Crippen molar-refractivity contribution in [2.24, 2.45) is 0 Å². The normalized spacial score (nSPS) is 12.2. The van der Waals surface area contributed by atoms with Crippen molar-refractivity contribution in [3.63, 3.8) is 0 Å². The number of hydrogen-bond acceptors (Lipinski definition) is 5. The van der Waals surface area contributed by atoms with E-state index in [9.17, 15) is 9.18 Å². The molecule has 25 heavy (non-hydrogen) atoms. The first-order chi connectivity index (χ1) is 11.8. The predicted molar refractivity (Wildman–Crippen MR) is 98.1 cm³/mol. The molecule has 0 fully saturated rings. The summed E-state index contributed by atoms with van der Waals surface area (Å²) in [4.78, 5) is 22.7. The molecule has 0 aliphatic carbocycles. The van der Waals surface area contributed by atoms with E-state index >= 15 is 0 Å². The molecule has 7 heteroatoms. The summed E-state index contributed by atoms with van der Waals surface area (Å²) in [6, 6.07) is 8.24. The number of aryl methyl sites for hydroxylation is 2. The highest BCUT2D eigenvalue weighted by atomic mass is 32.2. The molecule has 1 amide bonds. The van der Waals surface area contributed by atoms with Crippen LogP contribution in [0.15, 0.2) is 35.5 Å². The van der Waals surface area contributed by atoms with Gasteiger partial charge in [0.15, 0.2) is 5.16 Å². The summed E-state index contributed by atoms with van der Waals surface area (Å²) in [6.07, 6.45) is 0. The number of hydrogen-bond donors (Lipinski definition) is 1. The Labute approximate surface area is 152 Å². The van der Waals surface area contributed by atoms with Crippen LogP contribution in [-0.2, 0) is 4.79 Å². The minimum atomic E-state index is -0.279. The highest BCUT2D eigenvalue weighted by molar-refractivity contribution is 7.99. The second-order valence-corrected chi connectivity index (χ2v) is 7.00. The number of benzene rings is 1. The molecule has 5 nitrogen and oxygen atoms in total. The molecule has 134 valence electrons. The molecule has 1 aromatic carbocycles. The van der Waals surface area contributed by atoms with Crippen LogP contribution in [0.25, 0.3) is 0 Å². The number of aromatic nitrogens is 2. The van der Waals surface area contributed by atoms with E-state index in [1.54, 1.807) is 6.07 Å². The van der Waals surface area contributed by atoms with E-state index in [2.05, 4.69) is 15.3 Å². The maximum Gasteiger partial charge on any atom is 0.230 e. The number of carbonyl (C=O) groups is 1. The minimum absolute atomic E-state index is 0.0953. The third kappa shape index (κ3) is 6.10. The molecular weight excluding hydrogens is 339 g/mol. The van der Waals surface area contributed by atoms with Gasteiger partial charge in [0.25, 0.3) is 0 Å². The lowest BCUT2D eigenvalue weighted by molar-refractivity contribution is -0.118. The van der Waals surface area contributed by atoms with Crippen LogP contribution >= 0.6 is 11.8 Å². The van der Waals surface area contributed by atoms with Gasteiger partial charge in [0.05, 0.1) is 11.8 Å². The molecule has 1 aromatic heterocycles. The second kappa shape index (κ2) is 8.92. The van der Waals surface area contributed by atoms with Crippen molar-refractivity contribution < 1.29 is 9.18 Å². The smallest absolute Gasteiger partial charge is 0.230 e. The van der Waals surface area contributed by atoms with Crippen LogP contribution in [0.4, 0.5) is 4.39 Å². The molecule has 2 aromatic rings.